The number of carbonyl (C=O) groups excluding carboxylic acids is 1. The predicted octanol–water partition coefficient (Wildman–Crippen LogP) is 1.07. The van der Waals surface area contributed by atoms with E-state index < -0.39 is 5.97 Å². The number of carboxylic acid groups (broad SMARTS) is 1. The number of piperidine rings is 1. The number of fused-ring (bicyclic) bond motifs is 1. The molecule has 1 N–H and O–H groups in total. The second kappa shape index (κ2) is 6.43. The molecule has 2 amide bonds. The molecule has 0 aromatic rings. The van der Waals surface area contributed by atoms with Gasteiger partial charge in [0.2, 0.25) is 0 Å². The first-order valence-electron chi connectivity index (χ1n) is 7.50. The lowest BCUT2D eigenvalue weighted by Crippen LogP contribution is -2.59. The van der Waals surface area contributed by atoms with Gasteiger partial charge in [-0.3, -0.25) is 9.69 Å². The number of hydrogen-bond acceptors (Lipinski definition) is 3. The SMILES string of the molecule is CC(C)N(CC(=O)O)C(=O)N1CCN2CCCCC2C1. The van der Waals surface area contributed by atoms with Crippen LogP contribution >= 0.6 is 0 Å². The van der Waals surface area contributed by atoms with Gasteiger partial charge in [0.15, 0.2) is 0 Å². The third-order valence-electron chi connectivity index (χ3n) is 4.28. The van der Waals surface area contributed by atoms with Crippen molar-refractivity contribution in [2.24, 2.45) is 0 Å². The second-order valence-corrected chi connectivity index (χ2v) is 6.03. The van der Waals surface area contributed by atoms with Crippen LogP contribution in [0.2, 0.25) is 0 Å². The Hall–Kier alpha value is -1.30. The summed E-state index contributed by atoms with van der Waals surface area (Å²) in [5.74, 6) is -0.955. The minimum absolute atomic E-state index is 0.0945. The number of aliphatic carboxylic acids is 1. The Kier molecular flexibility index (Phi) is 4.86. The standard InChI is InChI=1S/C14H25N3O3/c1-11(2)17(10-13(18)19)14(20)16-8-7-15-6-4-3-5-12(15)9-16/h11-12H,3-10H2,1-2H3,(H,18,19). The van der Waals surface area contributed by atoms with Crippen molar-refractivity contribution >= 4 is 12.0 Å². The van der Waals surface area contributed by atoms with Gasteiger partial charge in [0.1, 0.15) is 6.54 Å². The highest BCUT2D eigenvalue weighted by Crippen LogP contribution is 2.22. The van der Waals surface area contributed by atoms with Crippen molar-refractivity contribution in [3.63, 3.8) is 0 Å². The Morgan fingerprint density at radius 2 is 2.00 bits per heavy atom. The predicted molar refractivity (Wildman–Crippen MR) is 75.7 cm³/mol. The molecular weight excluding hydrogens is 258 g/mol. The van der Waals surface area contributed by atoms with Crippen LogP contribution < -0.4 is 0 Å². The summed E-state index contributed by atoms with van der Waals surface area (Å²) in [6, 6.07) is 0.232. The van der Waals surface area contributed by atoms with E-state index in [1.807, 2.05) is 18.7 Å². The van der Waals surface area contributed by atoms with E-state index in [2.05, 4.69) is 4.90 Å². The van der Waals surface area contributed by atoms with Gasteiger partial charge < -0.3 is 14.9 Å². The average Bonchev–Trinajstić information content (AvgIpc) is 2.43. The van der Waals surface area contributed by atoms with Gasteiger partial charge in [-0.15, -0.1) is 0 Å². The summed E-state index contributed by atoms with van der Waals surface area (Å²) in [6.07, 6.45) is 3.62. The zero-order chi connectivity index (χ0) is 14.7. The van der Waals surface area contributed by atoms with Gasteiger partial charge in [0.25, 0.3) is 0 Å². The second-order valence-electron chi connectivity index (χ2n) is 6.03. The fourth-order valence-corrected chi connectivity index (χ4v) is 3.13. The van der Waals surface area contributed by atoms with Crippen LogP contribution in [-0.2, 0) is 4.79 Å². The monoisotopic (exact) mass is 283 g/mol. The molecule has 114 valence electrons. The summed E-state index contributed by atoms with van der Waals surface area (Å²) in [6.45, 7) is 6.99. The maximum absolute atomic E-state index is 12.5. The lowest BCUT2D eigenvalue weighted by Gasteiger charge is -2.45. The highest BCUT2D eigenvalue weighted by Gasteiger charge is 2.33. The molecule has 0 saturated carbocycles. The van der Waals surface area contributed by atoms with Crippen LogP contribution in [0.5, 0.6) is 0 Å². The summed E-state index contributed by atoms with van der Waals surface area (Å²) in [5, 5.41) is 8.95. The van der Waals surface area contributed by atoms with E-state index in [0.29, 0.717) is 12.6 Å². The van der Waals surface area contributed by atoms with E-state index in [4.69, 9.17) is 5.11 Å². The van der Waals surface area contributed by atoms with Crippen molar-refractivity contribution in [2.45, 2.75) is 45.2 Å². The van der Waals surface area contributed by atoms with Crippen LogP contribution in [-0.4, -0.2) is 76.6 Å². The van der Waals surface area contributed by atoms with Crippen LogP contribution in [0.25, 0.3) is 0 Å². The van der Waals surface area contributed by atoms with Crippen molar-refractivity contribution in [2.75, 3.05) is 32.7 Å². The average molecular weight is 283 g/mol. The molecule has 0 radical (unpaired) electrons. The maximum Gasteiger partial charge on any atom is 0.323 e. The van der Waals surface area contributed by atoms with E-state index in [1.165, 1.54) is 17.7 Å². The zero-order valence-electron chi connectivity index (χ0n) is 12.4. The van der Waals surface area contributed by atoms with Crippen molar-refractivity contribution in [1.82, 2.24) is 14.7 Å². The van der Waals surface area contributed by atoms with Crippen LogP contribution in [0.1, 0.15) is 33.1 Å². The van der Waals surface area contributed by atoms with Gasteiger partial charge in [-0.05, 0) is 33.2 Å². The van der Waals surface area contributed by atoms with Crippen molar-refractivity contribution in [1.29, 1.82) is 0 Å². The first kappa shape index (κ1) is 15.1. The molecule has 2 aliphatic heterocycles. The van der Waals surface area contributed by atoms with Crippen LogP contribution in [0, 0.1) is 0 Å². The van der Waals surface area contributed by atoms with Crippen molar-refractivity contribution in [3.05, 3.63) is 0 Å². The molecule has 6 heteroatoms. The number of piperazine rings is 1. The zero-order valence-corrected chi connectivity index (χ0v) is 12.4. The molecule has 0 aromatic heterocycles. The van der Waals surface area contributed by atoms with Crippen LogP contribution in [0.3, 0.4) is 0 Å². The molecule has 2 fully saturated rings. The Labute approximate surface area is 120 Å². The highest BCUT2D eigenvalue weighted by atomic mass is 16.4. The Morgan fingerprint density at radius 3 is 2.65 bits per heavy atom. The lowest BCUT2D eigenvalue weighted by atomic mass is 10.00. The van der Waals surface area contributed by atoms with E-state index in [9.17, 15) is 9.59 Å². The van der Waals surface area contributed by atoms with E-state index >= 15 is 0 Å². The Morgan fingerprint density at radius 1 is 1.25 bits per heavy atom. The van der Waals surface area contributed by atoms with E-state index in [0.717, 1.165) is 26.1 Å². The molecule has 0 aliphatic carbocycles. The fraction of sp³-hybridized carbons (Fsp3) is 0.857. The topological polar surface area (TPSA) is 64.1 Å². The summed E-state index contributed by atoms with van der Waals surface area (Å²) in [4.78, 5) is 29.2. The lowest BCUT2D eigenvalue weighted by molar-refractivity contribution is -0.138. The molecule has 2 saturated heterocycles. The van der Waals surface area contributed by atoms with Gasteiger partial charge in [-0.25, -0.2) is 4.79 Å². The third kappa shape index (κ3) is 3.42. The van der Waals surface area contributed by atoms with Gasteiger partial charge in [0.05, 0.1) is 0 Å². The van der Waals surface area contributed by atoms with Crippen molar-refractivity contribution in [3.8, 4) is 0 Å². The quantitative estimate of drug-likeness (QED) is 0.841. The molecule has 0 aromatic carbocycles. The smallest absolute Gasteiger partial charge is 0.323 e. The number of carboxylic acids is 1. The third-order valence-corrected chi connectivity index (χ3v) is 4.28. The molecule has 1 unspecified atom stereocenters. The minimum Gasteiger partial charge on any atom is -0.480 e. The molecular formula is C14H25N3O3. The molecule has 1 atom stereocenters. The first-order valence-corrected chi connectivity index (χ1v) is 7.50. The first-order chi connectivity index (χ1) is 9.49. The molecule has 6 nitrogen and oxygen atoms in total. The summed E-state index contributed by atoms with van der Waals surface area (Å²) in [7, 11) is 0. The largest absolute Gasteiger partial charge is 0.480 e. The molecule has 0 bridgehead atoms. The molecule has 2 rings (SSSR count). The molecule has 2 aliphatic rings. The molecule has 20 heavy (non-hydrogen) atoms. The van der Waals surface area contributed by atoms with Crippen molar-refractivity contribution < 1.29 is 14.7 Å². The summed E-state index contributed by atoms with van der Waals surface area (Å²) in [5.41, 5.74) is 0. The number of nitrogens with zero attached hydrogens (tertiary/aromatic N) is 3. The number of hydrogen-bond donors (Lipinski definition) is 1. The van der Waals surface area contributed by atoms with E-state index in [1.54, 1.807) is 0 Å². The van der Waals surface area contributed by atoms with Crippen LogP contribution in [0.4, 0.5) is 4.79 Å². The summed E-state index contributed by atoms with van der Waals surface area (Å²) < 4.78 is 0. The normalized spacial score (nSPS) is 23.6. The minimum atomic E-state index is -0.955. The van der Waals surface area contributed by atoms with Gasteiger partial charge >= 0.3 is 12.0 Å². The number of amides is 2. The number of carbonyl (C=O) groups is 2. The van der Waals surface area contributed by atoms with Gasteiger partial charge in [-0.1, -0.05) is 6.42 Å². The Balaban J connectivity index is 1.98. The maximum atomic E-state index is 12.5. The number of rotatable bonds is 3. The number of urea groups is 1. The van der Waals surface area contributed by atoms with Gasteiger partial charge in [0, 0.05) is 31.7 Å². The fourth-order valence-electron chi connectivity index (χ4n) is 3.13. The van der Waals surface area contributed by atoms with Crippen LogP contribution in [0.15, 0.2) is 0 Å². The summed E-state index contributed by atoms with van der Waals surface area (Å²) >= 11 is 0. The molecule has 0 spiro atoms. The van der Waals surface area contributed by atoms with E-state index in [-0.39, 0.29) is 18.6 Å². The molecule has 2 heterocycles. The van der Waals surface area contributed by atoms with Gasteiger partial charge in [-0.2, -0.15) is 0 Å². The Bertz CT molecular complexity index is 373. The highest BCUT2D eigenvalue weighted by molar-refractivity contribution is 5.80.